The monoisotopic (exact) mass is 542 g/mol. The summed E-state index contributed by atoms with van der Waals surface area (Å²) in [5.74, 6) is -3.91. The van der Waals surface area contributed by atoms with Crippen LogP contribution in [0.4, 0.5) is 28.3 Å². The lowest BCUT2D eigenvalue weighted by Crippen LogP contribution is -2.49. The molecular weight excluding hydrogens is 524 g/mol. The first-order chi connectivity index (χ1) is 18.5. The molecule has 2 N–H and O–H groups in total. The van der Waals surface area contributed by atoms with Gasteiger partial charge in [-0.2, -0.15) is 13.2 Å². The Morgan fingerprint density at radius 3 is 2.56 bits per heavy atom. The molecule has 2 heterocycles. The maximum absolute atomic E-state index is 14.0. The van der Waals surface area contributed by atoms with Gasteiger partial charge in [0.15, 0.2) is 0 Å². The normalized spacial score (nSPS) is 16.7. The average Bonchev–Trinajstić information content (AvgIpc) is 3.40. The summed E-state index contributed by atoms with van der Waals surface area (Å²) in [5, 5.41) is 2.34. The van der Waals surface area contributed by atoms with E-state index in [-0.39, 0.29) is 33.7 Å². The summed E-state index contributed by atoms with van der Waals surface area (Å²) < 4.78 is 64.5. The Labute approximate surface area is 217 Å². The standard InChI is InChI=1S/C26H18F4N4O5/c1-38-24(37)33-23-31-19-10-9-15(12-20(19)32-23)25(39-22(36)26(28,29)30)18-8-3-2-7-17(18)21(35)34(25)13-14-5-4-6-16(27)11-14/h2-12H,13H2,1H3,(H2,31,32,33,37). The number of aromatic amines is 1. The van der Waals surface area contributed by atoms with Crippen LogP contribution in [0.15, 0.2) is 66.7 Å². The summed E-state index contributed by atoms with van der Waals surface area (Å²) in [6, 6.07) is 15.1. The van der Waals surface area contributed by atoms with Gasteiger partial charge >= 0.3 is 18.2 Å². The third-order valence-electron chi connectivity index (χ3n) is 6.13. The Hall–Kier alpha value is -4.94. The van der Waals surface area contributed by atoms with E-state index < -0.39 is 42.2 Å². The second-order valence-electron chi connectivity index (χ2n) is 8.53. The van der Waals surface area contributed by atoms with Crippen LogP contribution in [-0.4, -0.2) is 46.1 Å². The summed E-state index contributed by atoms with van der Waals surface area (Å²) in [4.78, 5) is 45.5. The van der Waals surface area contributed by atoms with Crippen molar-refractivity contribution in [3.63, 3.8) is 0 Å². The number of rotatable bonds is 5. The molecule has 0 fully saturated rings. The predicted molar refractivity (Wildman–Crippen MR) is 128 cm³/mol. The van der Waals surface area contributed by atoms with Crippen LogP contribution in [0, 0.1) is 5.82 Å². The molecular formula is C26H18F4N4O5. The van der Waals surface area contributed by atoms with Gasteiger partial charge in [-0.1, -0.05) is 36.4 Å². The van der Waals surface area contributed by atoms with Crippen LogP contribution in [0.25, 0.3) is 11.0 Å². The molecule has 1 aliphatic rings. The number of carbonyl (C=O) groups excluding carboxylic acids is 3. The van der Waals surface area contributed by atoms with E-state index in [1.54, 1.807) is 0 Å². The van der Waals surface area contributed by atoms with E-state index in [2.05, 4.69) is 20.0 Å². The van der Waals surface area contributed by atoms with Crippen molar-refractivity contribution in [3.05, 3.63) is 94.8 Å². The molecule has 1 atom stereocenters. The highest BCUT2D eigenvalue weighted by Gasteiger charge is 2.57. The molecule has 2 amide bonds. The average molecular weight is 542 g/mol. The number of alkyl halides is 3. The highest BCUT2D eigenvalue weighted by molar-refractivity contribution is 6.01. The number of ether oxygens (including phenoxy) is 2. The van der Waals surface area contributed by atoms with E-state index in [0.29, 0.717) is 5.52 Å². The second-order valence-corrected chi connectivity index (χ2v) is 8.53. The molecule has 0 spiro atoms. The lowest BCUT2D eigenvalue weighted by atomic mass is 9.92. The second kappa shape index (κ2) is 9.42. The van der Waals surface area contributed by atoms with E-state index in [0.717, 1.165) is 18.1 Å². The van der Waals surface area contributed by atoms with Gasteiger partial charge in [0.1, 0.15) is 5.82 Å². The fourth-order valence-electron chi connectivity index (χ4n) is 4.50. The molecule has 39 heavy (non-hydrogen) atoms. The maximum Gasteiger partial charge on any atom is 0.491 e. The van der Waals surface area contributed by atoms with Gasteiger partial charge in [-0.25, -0.2) is 19.0 Å². The Bertz CT molecular complexity index is 1620. The Kier molecular flexibility index (Phi) is 6.21. The number of H-pyrrole nitrogens is 1. The Morgan fingerprint density at radius 1 is 1.08 bits per heavy atom. The van der Waals surface area contributed by atoms with Crippen molar-refractivity contribution in [3.8, 4) is 0 Å². The number of fused-ring (bicyclic) bond motifs is 2. The number of nitrogens with one attached hydrogen (secondary N) is 2. The van der Waals surface area contributed by atoms with Crippen molar-refractivity contribution in [2.75, 3.05) is 12.4 Å². The van der Waals surface area contributed by atoms with Gasteiger partial charge in [-0.15, -0.1) is 0 Å². The summed E-state index contributed by atoms with van der Waals surface area (Å²) in [7, 11) is 1.15. The minimum absolute atomic E-state index is 0.00151. The first-order valence-corrected chi connectivity index (χ1v) is 11.3. The number of esters is 1. The first-order valence-electron chi connectivity index (χ1n) is 11.3. The number of benzene rings is 3. The summed E-state index contributed by atoms with van der Waals surface area (Å²) in [5.41, 5.74) is -1.65. The lowest BCUT2D eigenvalue weighted by molar-refractivity contribution is -0.222. The van der Waals surface area contributed by atoms with E-state index in [1.165, 1.54) is 60.7 Å². The number of amides is 2. The van der Waals surface area contributed by atoms with Gasteiger partial charge in [0.25, 0.3) is 5.91 Å². The molecule has 0 aliphatic carbocycles. The SMILES string of the molecule is COC(=O)Nc1nc2ccc(C3(OC(=O)C(F)(F)F)c4ccccc4C(=O)N3Cc3cccc(F)c3)cc2[nH]1. The molecule has 3 aromatic carbocycles. The van der Waals surface area contributed by atoms with Crippen LogP contribution >= 0.6 is 0 Å². The zero-order valence-corrected chi connectivity index (χ0v) is 20.0. The molecule has 1 aliphatic heterocycles. The Morgan fingerprint density at radius 2 is 1.85 bits per heavy atom. The third-order valence-corrected chi connectivity index (χ3v) is 6.13. The van der Waals surface area contributed by atoms with E-state index in [1.807, 2.05) is 0 Å². The third kappa shape index (κ3) is 4.51. The number of anilines is 1. The summed E-state index contributed by atoms with van der Waals surface area (Å²) in [6.07, 6.45) is -6.21. The van der Waals surface area contributed by atoms with Crippen molar-refractivity contribution < 1.29 is 41.4 Å². The van der Waals surface area contributed by atoms with Crippen molar-refractivity contribution in [1.82, 2.24) is 14.9 Å². The fraction of sp³-hybridized carbons (Fsp3) is 0.154. The predicted octanol–water partition coefficient (Wildman–Crippen LogP) is 4.84. The number of nitrogens with zero attached hydrogens (tertiary/aromatic N) is 2. The topological polar surface area (TPSA) is 114 Å². The van der Waals surface area contributed by atoms with Crippen LogP contribution in [-0.2, 0) is 26.5 Å². The van der Waals surface area contributed by atoms with Crippen LogP contribution in [0.5, 0.6) is 0 Å². The minimum Gasteiger partial charge on any atom is -0.453 e. The molecule has 9 nitrogen and oxygen atoms in total. The van der Waals surface area contributed by atoms with E-state index >= 15 is 0 Å². The molecule has 0 saturated carbocycles. The van der Waals surface area contributed by atoms with Crippen molar-refractivity contribution in [2.45, 2.75) is 18.4 Å². The molecule has 200 valence electrons. The van der Waals surface area contributed by atoms with Gasteiger partial charge in [0.05, 0.1) is 24.7 Å². The first kappa shape index (κ1) is 25.7. The molecule has 13 heteroatoms. The van der Waals surface area contributed by atoms with Gasteiger partial charge < -0.3 is 14.5 Å². The number of hydrogen-bond donors (Lipinski definition) is 2. The van der Waals surface area contributed by atoms with Gasteiger partial charge in [-0.05, 0) is 35.9 Å². The van der Waals surface area contributed by atoms with Crippen molar-refractivity contribution in [1.29, 1.82) is 0 Å². The number of aromatic nitrogens is 2. The largest absolute Gasteiger partial charge is 0.491 e. The number of imidazole rings is 1. The summed E-state index contributed by atoms with van der Waals surface area (Å²) in [6.45, 7) is -0.396. The van der Waals surface area contributed by atoms with E-state index in [4.69, 9.17) is 4.74 Å². The number of carbonyl (C=O) groups is 3. The number of methoxy groups -OCH3 is 1. The van der Waals surface area contributed by atoms with Crippen LogP contribution in [0.3, 0.4) is 0 Å². The smallest absolute Gasteiger partial charge is 0.453 e. The number of halogens is 4. The number of hydrogen-bond acceptors (Lipinski definition) is 6. The molecule has 1 unspecified atom stereocenters. The summed E-state index contributed by atoms with van der Waals surface area (Å²) >= 11 is 0. The quantitative estimate of drug-likeness (QED) is 0.276. The van der Waals surface area contributed by atoms with Crippen LogP contribution in [0.2, 0.25) is 0 Å². The maximum atomic E-state index is 14.0. The fourth-order valence-corrected chi connectivity index (χ4v) is 4.50. The lowest BCUT2D eigenvalue weighted by Gasteiger charge is -2.39. The molecule has 4 aromatic rings. The highest BCUT2D eigenvalue weighted by atomic mass is 19.4. The molecule has 5 rings (SSSR count). The molecule has 0 radical (unpaired) electrons. The van der Waals surface area contributed by atoms with Gasteiger partial charge in [0.2, 0.25) is 11.7 Å². The van der Waals surface area contributed by atoms with Crippen molar-refractivity contribution in [2.24, 2.45) is 0 Å². The molecule has 0 saturated heterocycles. The van der Waals surface area contributed by atoms with Crippen LogP contribution in [0.1, 0.15) is 27.0 Å². The zero-order chi connectivity index (χ0) is 27.9. The highest BCUT2D eigenvalue weighted by Crippen LogP contribution is 2.47. The van der Waals surface area contributed by atoms with Gasteiger partial charge in [0, 0.05) is 16.7 Å². The van der Waals surface area contributed by atoms with Gasteiger partial charge in [-0.3, -0.25) is 15.0 Å². The Balaban J connectivity index is 1.73. The molecule has 1 aromatic heterocycles. The zero-order valence-electron chi connectivity index (χ0n) is 20.0. The van der Waals surface area contributed by atoms with Crippen LogP contribution < -0.4 is 5.32 Å². The minimum atomic E-state index is -5.40. The van der Waals surface area contributed by atoms with E-state index in [9.17, 15) is 31.9 Å². The molecule has 0 bridgehead atoms. The van der Waals surface area contributed by atoms with Crippen molar-refractivity contribution >= 4 is 35.0 Å².